The minimum atomic E-state index is -3.64. The highest BCUT2D eigenvalue weighted by molar-refractivity contribution is 7.86. The second kappa shape index (κ2) is 16.2. The van der Waals surface area contributed by atoms with Gasteiger partial charge in [0.1, 0.15) is 17.5 Å². The average Bonchev–Trinajstić information content (AvgIpc) is 3.76. The number of fused-ring (bicyclic) bond motifs is 2. The zero-order valence-corrected chi connectivity index (χ0v) is 34.5. The number of pyridine rings is 1. The Morgan fingerprint density at radius 2 is 1.53 bits per heavy atom. The van der Waals surface area contributed by atoms with Crippen LogP contribution in [0.15, 0.2) is 35.3 Å². The van der Waals surface area contributed by atoms with Crippen molar-refractivity contribution in [3.63, 3.8) is 0 Å². The molecule has 2 N–H and O–H groups in total. The second-order valence-electron chi connectivity index (χ2n) is 17.2. The number of piperazine rings is 1. The van der Waals surface area contributed by atoms with Crippen LogP contribution in [0.4, 0.5) is 16.0 Å². The van der Waals surface area contributed by atoms with Gasteiger partial charge in [-0.25, -0.2) is 9.37 Å². The predicted octanol–water partition coefficient (Wildman–Crippen LogP) is 2.35. The Kier molecular flexibility index (Phi) is 11.0. The van der Waals surface area contributed by atoms with Gasteiger partial charge in [0.2, 0.25) is 17.8 Å². The summed E-state index contributed by atoms with van der Waals surface area (Å²) in [4.78, 5) is 77.8. The molecule has 3 aromatic rings. The van der Waals surface area contributed by atoms with E-state index in [1.165, 1.54) is 6.07 Å². The van der Waals surface area contributed by atoms with E-state index >= 15 is 4.39 Å². The van der Waals surface area contributed by atoms with Crippen molar-refractivity contribution in [3.05, 3.63) is 57.8 Å². The van der Waals surface area contributed by atoms with Gasteiger partial charge in [0.05, 0.1) is 16.8 Å². The summed E-state index contributed by atoms with van der Waals surface area (Å²) in [5.74, 6) is -2.04. The Bertz CT molecular complexity index is 2390. The molecule has 19 heteroatoms. The van der Waals surface area contributed by atoms with Crippen LogP contribution >= 0.6 is 0 Å². The number of halogens is 1. The number of benzene rings is 1. The summed E-state index contributed by atoms with van der Waals surface area (Å²) in [6.45, 7) is 6.85. The van der Waals surface area contributed by atoms with Gasteiger partial charge in [-0.3, -0.25) is 38.8 Å². The number of amides is 4. The van der Waals surface area contributed by atoms with Crippen molar-refractivity contribution >= 4 is 56.5 Å². The molecular weight excluding hydrogens is 796 g/mol. The number of nitrogens with zero attached hydrogens (tertiary/aromatic N) is 8. The summed E-state index contributed by atoms with van der Waals surface area (Å²) < 4.78 is 48.0. The highest BCUT2D eigenvalue weighted by Gasteiger charge is 2.45. The van der Waals surface area contributed by atoms with E-state index in [0.717, 1.165) is 55.0 Å². The SMILES string of the molecule is C[C@H]1CCC[C@H]1n1c(=O)ccc2cnc(NC3CCN(S(=O)(=O)N4CCN(CC5CCN(c6cc7c(cc6F)C(=O)N(C6CCC(=O)NC6=O)C7=O)CC5)CC4)CC3)nc21. The quantitative estimate of drug-likeness (QED) is 0.300. The first-order valence-corrected chi connectivity index (χ1v) is 22.7. The van der Waals surface area contributed by atoms with E-state index in [1.54, 1.807) is 26.9 Å². The summed E-state index contributed by atoms with van der Waals surface area (Å²) in [5, 5.41) is 6.40. The molecule has 320 valence electrons. The van der Waals surface area contributed by atoms with Crippen LogP contribution in [-0.2, 0) is 19.8 Å². The van der Waals surface area contributed by atoms with Gasteiger partial charge >= 0.3 is 0 Å². The van der Waals surface area contributed by atoms with Crippen molar-refractivity contribution in [2.24, 2.45) is 11.8 Å². The molecule has 1 aromatic carbocycles. The van der Waals surface area contributed by atoms with Crippen LogP contribution in [0.1, 0.15) is 91.5 Å². The smallest absolute Gasteiger partial charge is 0.282 e. The Morgan fingerprint density at radius 1 is 0.833 bits per heavy atom. The minimum absolute atomic E-state index is 0.00293. The molecule has 0 spiro atoms. The maximum atomic E-state index is 15.5. The molecule has 5 aliphatic heterocycles. The van der Waals surface area contributed by atoms with Crippen molar-refractivity contribution in [1.82, 2.24) is 38.3 Å². The van der Waals surface area contributed by atoms with Crippen molar-refractivity contribution < 1.29 is 32.0 Å². The van der Waals surface area contributed by atoms with Gasteiger partial charge in [0.25, 0.3) is 27.6 Å². The van der Waals surface area contributed by atoms with Crippen LogP contribution in [0.25, 0.3) is 11.0 Å². The maximum Gasteiger partial charge on any atom is 0.282 e. The monoisotopic (exact) mass is 846 g/mol. The second-order valence-corrected chi connectivity index (χ2v) is 19.2. The molecule has 0 bridgehead atoms. The molecule has 9 rings (SSSR count). The minimum Gasteiger partial charge on any atom is -0.369 e. The standard InChI is InChI=1S/C41H51FN10O7S/c1-25-3-2-4-32(25)51-36(54)8-5-27-23-43-41(46-37(27)51)44-28-11-15-49(16-12-28)60(58,59)50-19-17-47(18-20-50)24-26-9-13-48(14-10-26)34-22-30-29(21-31(34)42)39(56)52(40(30)57)33-6-7-35(53)45-38(33)55/h5,8,21-23,25-26,28,32-33H,2-4,6-7,9-20,24H2,1H3,(H,43,44,46)(H,45,53,55)/t25-,32+,33?/m0/s1. The largest absolute Gasteiger partial charge is 0.369 e. The summed E-state index contributed by atoms with van der Waals surface area (Å²) in [6, 6.07) is 4.83. The lowest BCUT2D eigenvalue weighted by Gasteiger charge is -2.41. The van der Waals surface area contributed by atoms with Gasteiger partial charge < -0.3 is 15.1 Å². The number of carbonyl (C=O) groups excluding carboxylic acids is 4. The van der Waals surface area contributed by atoms with Gasteiger partial charge in [0.15, 0.2) is 0 Å². The fourth-order valence-corrected chi connectivity index (χ4v) is 11.7. The number of hydrogen-bond acceptors (Lipinski definition) is 12. The average molecular weight is 847 g/mol. The molecule has 4 amide bonds. The van der Waals surface area contributed by atoms with Crippen molar-refractivity contribution in [2.45, 2.75) is 82.8 Å². The van der Waals surface area contributed by atoms with Gasteiger partial charge in [-0.15, -0.1) is 0 Å². The van der Waals surface area contributed by atoms with Crippen molar-refractivity contribution in [1.29, 1.82) is 0 Å². The van der Waals surface area contributed by atoms with E-state index in [-0.39, 0.29) is 47.3 Å². The Morgan fingerprint density at radius 3 is 2.22 bits per heavy atom. The van der Waals surface area contributed by atoms with E-state index < -0.39 is 45.7 Å². The summed E-state index contributed by atoms with van der Waals surface area (Å²) in [6.07, 6.45) is 7.65. The lowest BCUT2D eigenvalue weighted by atomic mass is 9.95. The third-order valence-corrected chi connectivity index (χ3v) is 15.6. The molecule has 4 saturated heterocycles. The number of piperidine rings is 3. The molecule has 1 unspecified atom stereocenters. The molecule has 60 heavy (non-hydrogen) atoms. The fourth-order valence-electron chi connectivity index (χ4n) is 10.1. The van der Waals surface area contributed by atoms with Crippen LogP contribution in [0.3, 0.4) is 0 Å². The fraction of sp³-hybridized carbons (Fsp3) is 0.585. The Hall–Kier alpha value is -4.85. The van der Waals surface area contributed by atoms with E-state index in [4.69, 9.17) is 4.98 Å². The van der Waals surface area contributed by atoms with E-state index in [0.29, 0.717) is 88.6 Å². The zero-order valence-electron chi connectivity index (χ0n) is 33.7. The number of aromatic nitrogens is 3. The van der Waals surface area contributed by atoms with Crippen LogP contribution in [0, 0.1) is 17.7 Å². The van der Waals surface area contributed by atoms with Crippen molar-refractivity contribution in [3.8, 4) is 0 Å². The number of nitrogens with one attached hydrogen (secondary N) is 2. The van der Waals surface area contributed by atoms with Gasteiger partial charge in [0, 0.05) is 95.1 Å². The molecule has 17 nitrogen and oxygen atoms in total. The molecule has 3 atom stereocenters. The van der Waals surface area contributed by atoms with E-state index in [2.05, 4.69) is 27.4 Å². The van der Waals surface area contributed by atoms with Crippen LogP contribution in [-0.4, -0.2) is 136 Å². The Labute approximate surface area is 347 Å². The molecule has 5 fully saturated rings. The number of rotatable bonds is 9. The molecule has 1 saturated carbocycles. The molecule has 0 radical (unpaired) electrons. The van der Waals surface area contributed by atoms with E-state index in [1.807, 2.05) is 9.47 Å². The predicted molar refractivity (Wildman–Crippen MR) is 219 cm³/mol. The number of carbonyl (C=O) groups is 4. The topological polar surface area (TPSA) is 190 Å². The highest BCUT2D eigenvalue weighted by atomic mass is 32.2. The third kappa shape index (κ3) is 7.57. The lowest BCUT2D eigenvalue weighted by molar-refractivity contribution is -0.136. The first kappa shape index (κ1) is 40.6. The molecule has 1 aliphatic carbocycles. The summed E-state index contributed by atoms with van der Waals surface area (Å²) in [7, 11) is -3.64. The Balaban J connectivity index is 0.743. The van der Waals surface area contributed by atoms with Gasteiger partial charge in [-0.1, -0.05) is 13.3 Å². The van der Waals surface area contributed by atoms with E-state index in [9.17, 15) is 32.4 Å². The number of imide groups is 2. The zero-order chi connectivity index (χ0) is 41.9. The van der Waals surface area contributed by atoms with Gasteiger partial charge in [-0.05, 0) is 75.0 Å². The van der Waals surface area contributed by atoms with Crippen LogP contribution in [0.2, 0.25) is 0 Å². The molecule has 2 aromatic heterocycles. The normalized spacial score (nSPS) is 25.7. The third-order valence-electron chi connectivity index (χ3n) is 13.6. The van der Waals surface area contributed by atoms with Crippen LogP contribution in [0.5, 0.6) is 0 Å². The van der Waals surface area contributed by atoms with Crippen LogP contribution < -0.4 is 21.1 Å². The number of hydrogen-bond donors (Lipinski definition) is 2. The highest BCUT2D eigenvalue weighted by Crippen LogP contribution is 2.37. The van der Waals surface area contributed by atoms with Gasteiger partial charge in [-0.2, -0.15) is 22.0 Å². The first-order chi connectivity index (χ1) is 28.8. The number of anilines is 2. The van der Waals surface area contributed by atoms with Crippen molar-refractivity contribution in [2.75, 3.05) is 69.1 Å². The maximum absolute atomic E-state index is 15.5. The molecule has 7 heterocycles. The summed E-state index contributed by atoms with van der Waals surface area (Å²) >= 11 is 0. The first-order valence-electron chi connectivity index (χ1n) is 21.3. The lowest BCUT2D eigenvalue weighted by Crippen LogP contribution is -2.55. The summed E-state index contributed by atoms with van der Waals surface area (Å²) in [5.41, 5.74) is 0.782. The molecule has 6 aliphatic rings. The molecular formula is C41H51FN10O7S.